The molecule has 4 heteroatoms. The molecule has 0 aliphatic carbocycles. The predicted molar refractivity (Wildman–Crippen MR) is 71.4 cm³/mol. The SMILES string of the molecule is Cc1cc(CNC(=O)c2cccs2)cc(C)c1F. The van der Waals surface area contributed by atoms with Crippen LogP contribution in [-0.2, 0) is 6.54 Å². The Morgan fingerprint density at radius 1 is 1.33 bits per heavy atom. The van der Waals surface area contributed by atoms with Gasteiger partial charge in [0, 0.05) is 6.54 Å². The highest BCUT2D eigenvalue weighted by Crippen LogP contribution is 2.15. The first-order valence-corrected chi connectivity index (χ1v) is 6.53. The zero-order valence-electron chi connectivity index (χ0n) is 10.3. The standard InChI is InChI=1S/C14H14FNOS/c1-9-6-11(7-10(2)13(9)15)8-16-14(17)12-4-3-5-18-12/h3-7H,8H2,1-2H3,(H,16,17). The normalized spacial score (nSPS) is 10.4. The van der Waals surface area contributed by atoms with Crippen LogP contribution in [0, 0.1) is 19.7 Å². The van der Waals surface area contributed by atoms with Crippen molar-refractivity contribution < 1.29 is 9.18 Å². The number of benzene rings is 1. The molecule has 0 unspecified atom stereocenters. The molecule has 0 atom stereocenters. The van der Waals surface area contributed by atoms with E-state index in [2.05, 4.69) is 5.32 Å². The lowest BCUT2D eigenvalue weighted by Gasteiger charge is -2.08. The number of nitrogens with one attached hydrogen (secondary N) is 1. The van der Waals surface area contributed by atoms with Gasteiger partial charge in [-0.25, -0.2) is 4.39 Å². The molecule has 1 amide bonds. The molecule has 0 aliphatic rings. The van der Waals surface area contributed by atoms with Crippen molar-refractivity contribution in [1.29, 1.82) is 0 Å². The number of carbonyl (C=O) groups is 1. The first-order valence-electron chi connectivity index (χ1n) is 5.65. The van der Waals surface area contributed by atoms with Crippen LogP contribution in [0.1, 0.15) is 26.4 Å². The van der Waals surface area contributed by atoms with Gasteiger partial charge < -0.3 is 5.32 Å². The summed E-state index contributed by atoms with van der Waals surface area (Å²) in [6, 6.07) is 7.14. The summed E-state index contributed by atoms with van der Waals surface area (Å²) >= 11 is 1.40. The van der Waals surface area contributed by atoms with Crippen LogP contribution in [0.4, 0.5) is 4.39 Å². The number of halogens is 1. The molecule has 0 fully saturated rings. The van der Waals surface area contributed by atoms with Crippen LogP contribution in [0.25, 0.3) is 0 Å². The fourth-order valence-corrected chi connectivity index (χ4v) is 2.45. The average molecular weight is 263 g/mol. The Morgan fingerprint density at radius 3 is 2.56 bits per heavy atom. The molecule has 0 radical (unpaired) electrons. The third-order valence-electron chi connectivity index (χ3n) is 2.69. The summed E-state index contributed by atoms with van der Waals surface area (Å²) in [7, 11) is 0. The highest BCUT2D eigenvalue weighted by Gasteiger charge is 2.08. The number of rotatable bonds is 3. The maximum Gasteiger partial charge on any atom is 0.261 e. The Labute approximate surface area is 109 Å². The quantitative estimate of drug-likeness (QED) is 0.903. The van der Waals surface area contributed by atoms with E-state index in [9.17, 15) is 9.18 Å². The third-order valence-corrected chi connectivity index (χ3v) is 3.56. The largest absolute Gasteiger partial charge is 0.347 e. The van der Waals surface area contributed by atoms with Gasteiger partial charge in [0.15, 0.2) is 0 Å². The van der Waals surface area contributed by atoms with E-state index in [0.717, 1.165) is 5.56 Å². The maximum atomic E-state index is 13.4. The van der Waals surface area contributed by atoms with Crippen molar-refractivity contribution >= 4 is 17.2 Å². The van der Waals surface area contributed by atoms with Crippen molar-refractivity contribution in [2.75, 3.05) is 0 Å². The van der Waals surface area contributed by atoms with Gasteiger partial charge in [0.05, 0.1) is 4.88 Å². The number of hydrogen-bond donors (Lipinski definition) is 1. The summed E-state index contributed by atoms with van der Waals surface area (Å²) in [4.78, 5) is 12.4. The van der Waals surface area contributed by atoms with Crippen LogP contribution in [0.2, 0.25) is 0 Å². The first-order chi connectivity index (χ1) is 8.58. The molecule has 2 rings (SSSR count). The Bertz CT molecular complexity index is 540. The summed E-state index contributed by atoms with van der Waals surface area (Å²) in [5, 5.41) is 4.69. The van der Waals surface area contributed by atoms with Crippen LogP contribution in [0.15, 0.2) is 29.6 Å². The first kappa shape index (κ1) is 12.8. The van der Waals surface area contributed by atoms with E-state index >= 15 is 0 Å². The van der Waals surface area contributed by atoms with Crippen LogP contribution >= 0.6 is 11.3 Å². The van der Waals surface area contributed by atoms with Crippen molar-refractivity contribution in [2.45, 2.75) is 20.4 Å². The Balaban J connectivity index is 2.05. The molecule has 0 saturated heterocycles. The van der Waals surface area contributed by atoms with Crippen molar-refractivity contribution in [1.82, 2.24) is 5.32 Å². The predicted octanol–water partition coefficient (Wildman–Crippen LogP) is 3.43. The molecular formula is C14H14FNOS. The molecule has 0 spiro atoms. The maximum absolute atomic E-state index is 13.4. The van der Waals surface area contributed by atoms with Crippen molar-refractivity contribution in [3.05, 3.63) is 57.0 Å². The van der Waals surface area contributed by atoms with Gasteiger partial charge in [-0.3, -0.25) is 4.79 Å². The van der Waals surface area contributed by atoms with Gasteiger partial charge in [0.1, 0.15) is 5.82 Å². The van der Waals surface area contributed by atoms with Gasteiger partial charge in [-0.15, -0.1) is 11.3 Å². The summed E-state index contributed by atoms with van der Waals surface area (Å²) < 4.78 is 13.4. The summed E-state index contributed by atoms with van der Waals surface area (Å²) in [5.74, 6) is -0.270. The highest BCUT2D eigenvalue weighted by atomic mass is 32.1. The third kappa shape index (κ3) is 2.76. The van der Waals surface area contributed by atoms with Gasteiger partial charge in [-0.2, -0.15) is 0 Å². The zero-order chi connectivity index (χ0) is 13.1. The number of hydrogen-bond acceptors (Lipinski definition) is 2. The molecule has 0 saturated carbocycles. The lowest BCUT2D eigenvalue weighted by atomic mass is 10.1. The van der Waals surface area contributed by atoms with Crippen LogP contribution in [-0.4, -0.2) is 5.91 Å². The van der Waals surface area contributed by atoms with Gasteiger partial charge in [-0.1, -0.05) is 18.2 Å². The number of thiophene rings is 1. The topological polar surface area (TPSA) is 29.1 Å². The highest BCUT2D eigenvalue weighted by molar-refractivity contribution is 7.12. The zero-order valence-corrected chi connectivity index (χ0v) is 11.1. The van der Waals surface area contributed by atoms with E-state index in [1.807, 2.05) is 11.4 Å². The second kappa shape index (κ2) is 5.31. The van der Waals surface area contributed by atoms with Crippen molar-refractivity contribution in [3.8, 4) is 0 Å². The number of aryl methyl sites for hydroxylation is 2. The Kier molecular flexibility index (Phi) is 3.77. The van der Waals surface area contributed by atoms with Gasteiger partial charge in [-0.05, 0) is 42.0 Å². The molecule has 1 heterocycles. The molecule has 2 nitrogen and oxygen atoms in total. The van der Waals surface area contributed by atoms with E-state index in [1.165, 1.54) is 11.3 Å². The van der Waals surface area contributed by atoms with Crippen LogP contribution in [0.3, 0.4) is 0 Å². The Morgan fingerprint density at radius 2 is 2.00 bits per heavy atom. The van der Waals surface area contributed by atoms with Crippen LogP contribution < -0.4 is 5.32 Å². The van der Waals surface area contributed by atoms with Crippen LogP contribution in [0.5, 0.6) is 0 Å². The minimum atomic E-state index is -0.177. The summed E-state index contributed by atoms with van der Waals surface area (Å²) in [6.45, 7) is 3.87. The van der Waals surface area contributed by atoms with E-state index in [-0.39, 0.29) is 11.7 Å². The average Bonchev–Trinajstić information content (AvgIpc) is 2.86. The van der Waals surface area contributed by atoms with Crippen molar-refractivity contribution in [3.63, 3.8) is 0 Å². The molecular weight excluding hydrogens is 249 g/mol. The van der Waals surface area contributed by atoms with Gasteiger partial charge in [0.25, 0.3) is 5.91 Å². The molecule has 0 aliphatic heterocycles. The summed E-state index contributed by atoms with van der Waals surface area (Å²) in [6.07, 6.45) is 0. The van der Waals surface area contributed by atoms with Gasteiger partial charge >= 0.3 is 0 Å². The second-order valence-corrected chi connectivity index (χ2v) is 5.15. The van der Waals surface area contributed by atoms with E-state index < -0.39 is 0 Å². The monoisotopic (exact) mass is 263 g/mol. The molecule has 1 aromatic heterocycles. The molecule has 1 aromatic carbocycles. The fraction of sp³-hybridized carbons (Fsp3) is 0.214. The summed E-state index contributed by atoms with van der Waals surface area (Å²) in [5.41, 5.74) is 2.13. The minimum absolute atomic E-state index is 0.0929. The molecule has 1 N–H and O–H groups in total. The second-order valence-electron chi connectivity index (χ2n) is 4.20. The lowest BCUT2D eigenvalue weighted by Crippen LogP contribution is -2.21. The molecule has 2 aromatic rings. The van der Waals surface area contributed by atoms with Crippen molar-refractivity contribution in [2.24, 2.45) is 0 Å². The number of carbonyl (C=O) groups excluding carboxylic acids is 1. The fourth-order valence-electron chi connectivity index (χ4n) is 1.81. The van der Waals surface area contributed by atoms with E-state index in [0.29, 0.717) is 22.5 Å². The molecule has 18 heavy (non-hydrogen) atoms. The van der Waals surface area contributed by atoms with E-state index in [4.69, 9.17) is 0 Å². The minimum Gasteiger partial charge on any atom is -0.347 e. The van der Waals surface area contributed by atoms with E-state index in [1.54, 1.807) is 32.0 Å². The Hall–Kier alpha value is -1.68. The smallest absolute Gasteiger partial charge is 0.261 e. The molecule has 0 bridgehead atoms. The molecule has 94 valence electrons. The van der Waals surface area contributed by atoms with Gasteiger partial charge in [0.2, 0.25) is 0 Å². The number of amides is 1. The lowest BCUT2D eigenvalue weighted by molar-refractivity contribution is 0.0955.